The molecular weight excluding hydrogens is 336 g/mol. The van der Waals surface area contributed by atoms with Crippen molar-refractivity contribution >= 4 is 22.9 Å². The molecule has 0 amide bonds. The molecule has 3 rings (SSSR count). The Bertz CT molecular complexity index is 1020. The molecule has 0 atom stereocenters. The molecule has 0 saturated carbocycles. The van der Waals surface area contributed by atoms with Crippen molar-refractivity contribution in [3.8, 4) is 11.5 Å². The fourth-order valence-electron chi connectivity index (χ4n) is 2.83. The van der Waals surface area contributed by atoms with E-state index in [9.17, 15) is 40.0 Å². The van der Waals surface area contributed by atoms with Gasteiger partial charge in [-0.15, -0.1) is 0 Å². The molecule has 2 N–H and O–H groups in total. The zero-order valence-corrected chi connectivity index (χ0v) is 12.5. The molecule has 2 aromatic rings. The first-order valence-corrected chi connectivity index (χ1v) is 6.77. The first-order chi connectivity index (χ1) is 11.7. The van der Waals surface area contributed by atoms with Gasteiger partial charge in [0.15, 0.2) is 0 Å². The van der Waals surface area contributed by atoms with Crippen molar-refractivity contribution in [2.24, 2.45) is 0 Å². The van der Waals surface area contributed by atoms with Crippen LogP contribution in [-0.4, -0.2) is 31.6 Å². The third-order valence-electron chi connectivity index (χ3n) is 3.93. The van der Waals surface area contributed by atoms with Crippen LogP contribution in [-0.2, 0) is 0 Å². The third-order valence-corrected chi connectivity index (χ3v) is 3.93. The Morgan fingerprint density at radius 3 is 1.92 bits per heavy atom. The lowest BCUT2D eigenvalue weighted by molar-refractivity contribution is -0.385. The predicted octanol–water partition coefficient (Wildman–Crippen LogP) is 2.00. The van der Waals surface area contributed by atoms with E-state index in [1.165, 1.54) is 6.92 Å². The summed E-state index contributed by atoms with van der Waals surface area (Å²) in [5, 5.41) is 42.5. The predicted molar refractivity (Wildman–Crippen MR) is 81.1 cm³/mol. The molecule has 2 aromatic carbocycles. The van der Waals surface area contributed by atoms with E-state index >= 15 is 0 Å². The number of nitrogens with zero attached hydrogens (tertiary/aromatic N) is 2. The van der Waals surface area contributed by atoms with Crippen molar-refractivity contribution in [1.29, 1.82) is 0 Å². The number of rotatable bonds is 2. The number of fused-ring (bicyclic) bond motifs is 2. The fraction of sp³-hybridized carbons (Fsp3) is 0.0667. The Morgan fingerprint density at radius 2 is 1.36 bits per heavy atom. The molecule has 0 saturated heterocycles. The number of benzene rings is 2. The summed E-state index contributed by atoms with van der Waals surface area (Å²) in [6, 6.07) is 2.61. The number of carbonyl (C=O) groups excluding carboxylic acids is 2. The maximum Gasteiger partial charge on any atom is 0.281 e. The highest BCUT2D eigenvalue weighted by Crippen LogP contribution is 2.44. The lowest BCUT2D eigenvalue weighted by Crippen LogP contribution is -2.24. The summed E-state index contributed by atoms with van der Waals surface area (Å²) in [5.41, 5.74) is -4.33. The second kappa shape index (κ2) is 5.09. The van der Waals surface area contributed by atoms with Gasteiger partial charge < -0.3 is 10.2 Å². The zero-order valence-electron chi connectivity index (χ0n) is 12.5. The Kier molecular flexibility index (Phi) is 3.27. The van der Waals surface area contributed by atoms with E-state index in [0.717, 1.165) is 18.2 Å². The summed E-state index contributed by atoms with van der Waals surface area (Å²) in [4.78, 5) is 46.0. The van der Waals surface area contributed by atoms with Gasteiger partial charge in [0.25, 0.3) is 11.4 Å². The van der Waals surface area contributed by atoms with Crippen molar-refractivity contribution < 1.29 is 29.6 Å². The minimum atomic E-state index is -1.15. The zero-order chi connectivity index (χ0) is 18.6. The first kappa shape index (κ1) is 16.1. The normalized spacial score (nSPS) is 12.5. The number of hydrogen-bond donors (Lipinski definition) is 2. The Labute approximate surface area is 138 Å². The van der Waals surface area contributed by atoms with E-state index in [0.29, 0.717) is 0 Å². The molecule has 0 fully saturated rings. The molecule has 0 spiro atoms. The van der Waals surface area contributed by atoms with E-state index in [4.69, 9.17) is 0 Å². The molecule has 10 nitrogen and oxygen atoms in total. The SMILES string of the molecule is Cc1cc([N+](=O)[O-])c2c(c1O)C(=O)c1c([N+](=O)[O-])ccc(O)c1C2=O. The highest BCUT2D eigenvalue weighted by atomic mass is 16.6. The minimum absolute atomic E-state index is 0.0437. The number of ketones is 2. The summed E-state index contributed by atoms with van der Waals surface area (Å²) >= 11 is 0. The lowest BCUT2D eigenvalue weighted by atomic mass is 9.80. The number of carbonyl (C=O) groups is 2. The number of phenols is 2. The van der Waals surface area contributed by atoms with Crippen LogP contribution >= 0.6 is 0 Å². The molecule has 0 radical (unpaired) electrons. The molecular formula is C15H8N2O8. The van der Waals surface area contributed by atoms with Gasteiger partial charge in [-0.2, -0.15) is 0 Å². The third kappa shape index (κ3) is 2.04. The Morgan fingerprint density at radius 1 is 0.840 bits per heavy atom. The summed E-state index contributed by atoms with van der Waals surface area (Å²) in [6.45, 7) is 1.28. The number of phenolic OH excluding ortho intramolecular Hbond substituents is 2. The number of aromatic hydroxyl groups is 2. The average Bonchev–Trinajstić information content (AvgIpc) is 2.53. The lowest BCUT2D eigenvalue weighted by Gasteiger charge is -2.19. The number of hydrogen-bond acceptors (Lipinski definition) is 8. The van der Waals surface area contributed by atoms with E-state index in [2.05, 4.69) is 0 Å². The first-order valence-electron chi connectivity index (χ1n) is 6.77. The maximum absolute atomic E-state index is 12.7. The van der Waals surface area contributed by atoms with Gasteiger partial charge >= 0.3 is 0 Å². The van der Waals surface area contributed by atoms with E-state index in [1.54, 1.807) is 0 Å². The van der Waals surface area contributed by atoms with Crippen molar-refractivity contribution in [1.82, 2.24) is 0 Å². The second-order valence-electron chi connectivity index (χ2n) is 5.34. The van der Waals surface area contributed by atoms with E-state index < -0.39 is 66.5 Å². The minimum Gasteiger partial charge on any atom is -0.507 e. The smallest absolute Gasteiger partial charge is 0.281 e. The molecule has 1 aliphatic rings. The van der Waals surface area contributed by atoms with Crippen molar-refractivity contribution in [2.75, 3.05) is 0 Å². The van der Waals surface area contributed by atoms with Gasteiger partial charge in [-0.1, -0.05) is 0 Å². The molecule has 10 heteroatoms. The van der Waals surface area contributed by atoms with Gasteiger partial charge in [0.2, 0.25) is 11.6 Å². The van der Waals surface area contributed by atoms with Crippen LogP contribution in [0.1, 0.15) is 37.4 Å². The topological polar surface area (TPSA) is 161 Å². The van der Waals surface area contributed by atoms with Gasteiger partial charge in [0.05, 0.1) is 21.0 Å². The molecule has 25 heavy (non-hydrogen) atoms. The maximum atomic E-state index is 12.7. The Hall–Kier alpha value is -3.82. The molecule has 0 aliphatic heterocycles. The van der Waals surface area contributed by atoms with Crippen LogP contribution in [0.2, 0.25) is 0 Å². The molecule has 0 aromatic heterocycles. The van der Waals surface area contributed by atoms with Crippen molar-refractivity contribution in [2.45, 2.75) is 6.92 Å². The standard InChI is InChI=1S/C15H8N2O8/c1-5-4-7(17(24)25)10-12(13(5)19)15(21)9-6(16(22)23)2-3-8(18)11(9)14(10)20/h2-4,18-19H,1H3. The van der Waals surface area contributed by atoms with Crippen molar-refractivity contribution in [3.63, 3.8) is 0 Å². The van der Waals surface area contributed by atoms with Gasteiger partial charge in [0.1, 0.15) is 22.6 Å². The van der Waals surface area contributed by atoms with E-state index in [-0.39, 0.29) is 5.56 Å². The summed E-state index contributed by atoms with van der Waals surface area (Å²) in [6.07, 6.45) is 0. The van der Waals surface area contributed by atoms with Crippen LogP contribution in [0.25, 0.3) is 0 Å². The van der Waals surface area contributed by atoms with Crippen LogP contribution in [0.5, 0.6) is 11.5 Å². The largest absolute Gasteiger partial charge is 0.507 e. The van der Waals surface area contributed by atoms with Crippen LogP contribution in [0.3, 0.4) is 0 Å². The van der Waals surface area contributed by atoms with Gasteiger partial charge in [-0.25, -0.2) is 0 Å². The van der Waals surface area contributed by atoms with Crippen LogP contribution in [0.15, 0.2) is 18.2 Å². The van der Waals surface area contributed by atoms with Gasteiger partial charge in [-0.3, -0.25) is 29.8 Å². The van der Waals surface area contributed by atoms with Gasteiger partial charge in [0, 0.05) is 12.1 Å². The summed E-state index contributed by atoms with van der Waals surface area (Å²) < 4.78 is 0. The summed E-state index contributed by atoms with van der Waals surface area (Å²) in [7, 11) is 0. The monoisotopic (exact) mass is 344 g/mol. The molecule has 0 heterocycles. The van der Waals surface area contributed by atoms with Crippen LogP contribution < -0.4 is 0 Å². The van der Waals surface area contributed by atoms with Crippen LogP contribution in [0, 0.1) is 27.2 Å². The second-order valence-corrected chi connectivity index (χ2v) is 5.34. The van der Waals surface area contributed by atoms with Crippen LogP contribution in [0.4, 0.5) is 11.4 Å². The number of nitro groups is 2. The number of nitro benzene ring substituents is 2. The Balaban J connectivity index is 2.51. The number of aryl methyl sites for hydroxylation is 1. The fourth-order valence-corrected chi connectivity index (χ4v) is 2.83. The highest BCUT2D eigenvalue weighted by Gasteiger charge is 2.43. The molecule has 1 aliphatic carbocycles. The molecule has 126 valence electrons. The quantitative estimate of drug-likeness (QED) is 0.527. The molecule has 0 unspecified atom stereocenters. The van der Waals surface area contributed by atoms with Gasteiger partial charge in [-0.05, 0) is 18.6 Å². The summed E-state index contributed by atoms with van der Waals surface area (Å²) in [5.74, 6) is -3.69. The average molecular weight is 344 g/mol. The molecule has 0 bridgehead atoms. The van der Waals surface area contributed by atoms with Crippen molar-refractivity contribution in [3.05, 3.63) is 66.2 Å². The highest BCUT2D eigenvalue weighted by molar-refractivity contribution is 6.32. The van der Waals surface area contributed by atoms with E-state index in [1.807, 2.05) is 0 Å².